The molecule has 0 bridgehead atoms. The molecule has 0 radical (unpaired) electrons. The van der Waals surface area contributed by atoms with Crippen molar-refractivity contribution in [2.75, 3.05) is 20.2 Å². The van der Waals surface area contributed by atoms with Crippen LogP contribution in [0.1, 0.15) is 23.2 Å². The number of hydrogen-bond donors (Lipinski definition) is 1. The molecule has 1 aromatic heterocycles. The number of methoxy groups -OCH3 is 1. The fourth-order valence-electron chi connectivity index (χ4n) is 3.26. The van der Waals surface area contributed by atoms with Gasteiger partial charge < -0.3 is 19.2 Å². The van der Waals surface area contributed by atoms with Crippen LogP contribution in [0, 0.1) is 0 Å². The van der Waals surface area contributed by atoms with E-state index in [4.69, 9.17) is 9.15 Å². The van der Waals surface area contributed by atoms with Crippen LogP contribution in [0.4, 0.5) is 0 Å². The zero-order valence-electron chi connectivity index (χ0n) is 14.5. The maximum atomic E-state index is 12.7. The van der Waals surface area contributed by atoms with E-state index in [9.17, 15) is 9.90 Å². The number of carbonyl (C=O) groups excluding carboxylic acids is 1. The number of nitrogens with zero attached hydrogens (tertiary/aromatic N) is 2. The SMILES string of the molecule is COc1cccc(-c2nc3ccc(C(=O)N4CCC[C@H](O)C4)cc3o2)c1. The molecule has 1 amide bonds. The number of aromatic nitrogens is 1. The van der Waals surface area contributed by atoms with Gasteiger partial charge in [0.15, 0.2) is 5.58 Å². The highest BCUT2D eigenvalue weighted by Crippen LogP contribution is 2.28. The summed E-state index contributed by atoms with van der Waals surface area (Å²) in [5.74, 6) is 1.12. The van der Waals surface area contributed by atoms with Crippen LogP contribution < -0.4 is 4.74 Å². The van der Waals surface area contributed by atoms with E-state index >= 15 is 0 Å². The molecule has 4 rings (SSSR count). The second kappa shape index (κ2) is 6.80. The quantitative estimate of drug-likeness (QED) is 0.784. The van der Waals surface area contributed by atoms with Crippen molar-refractivity contribution in [1.82, 2.24) is 9.88 Å². The summed E-state index contributed by atoms with van der Waals surface area (Å²) in [6, 6.07) is 12.7. The molecule has 1 atom stereocenters. The molecular weight excluding hydrogens is 332 g/mol. The van der Waals surface area contributed by atoms with Gasteiger partial charge in [-0.1, -0.05) is 6.07 Å². The Kier molecular flexibility index (Phi) is 4.34. The molecule has 26 heavy (non-hydrogen) atoms. The summed E-state index contributed by atoms with van der Waals surface area (Å²) in [4.78, 5) is 18.9. The number of piperidine rings is 1. The van der Waals surface area contributed by atoms with E-state index < -0.39 is 6.10 Å². The smallest absolute Gasteiger partial charge is 0.254 e. The lowest BCUT2D eigenvalue weighted by Gasteiger charge is -2.30. The van der Waals surface area contributed by atoms with Crippen molar-refractivity contribution in [2.45, 2.75) is 18.9 Å². The van der Waals surface area contributed by atoms with E-state index in [1.807, 2.05) is 24.3 Å². The maximum absolute atomic E-state index is 12.7. The van der Waals surface area contributed by atoms with E-state index in [1.54, 1.807) is 30.2 Å². The summed E-state index contributed by atoms with van der Waals surface area (Å²) in [5, 5.41) is 9.79. The van der Waals surface area contributed by atoms with Crippen LogP contribution in [-0.4, -0.2) is 47.2 Å². The van der Waals surface area contributed by atoms with Gasteiger partial charge in [-0.25, -0.2) is 4.98 Å². The van der Waals surface area contributed by atoms with Crippen LogP contribution in [0.5, 0.6) is 5.75 Å². The second-order valence-corrected chi connectivity index (χ2v) is 6.48. The van der Waals surface area contributed by atoms with Gasteiger partial charge >= 0.3 is 0 Å². The van der Waals surface area contributed by atoms with E-state index in [2.05, 4.69) is 4.98 Å². The molecule has 1 N–H and O–H groups in total. The molecule has 0 spiro atoms. The molecule has 2 aromatic carbocycles. The molecule has 0 aliphatic carbocycles. The molecule has 134 valence electrons. The number of benzene rings is 2. The van der Waals surface area contributed by atoms with Crippen molar-refractivity contribution >= 4 is 17.0 Å². The molecule has 1 aliphatic heterocycles. The number of likely N-dealkylation sites (tertiary alicyclic amines) is 1. The number of amides is 1. The van der Waals surface area contributed by atoms with E-state index in [1.165, 1.54) is 0 Å². The van der Waals surface area contributed by atoms with Gasteiger partial charge in [0.1, 0.15) is 11.3 Å². The Bertz CT molecular complexity index is 950. The van der Waals surface area contributed by atoms with Crippen LogP contribution >= 0.6 is 0 Å². The van der Waals surface area contributed by atoms with Crippen molar-refractivity contribution in [1.29, 1.82) is 0 Å². The minimum absolute atomic E-state index is 0.0926. The van der Waals surface area contributed by atoms with Crippen molar-refractivity contribution < 1.29 is 19.1 Å². The number of hydrogen-bond acceptors (Lipinski definition) is 5. The van der Waals surface area contributed by atoms with Crippen LogP contribution in [0.25, 0.3) is 22.6 Å². The third-order valence-corrected chi connectivity index (χ3v) is 4.64. The molecule has 6 nitrogen and oxygen atoms in total. The van der Waals surface area contributed by atoms with Crippen LogP contribution in [0.3, 0.4) is 0 Å². The lowest BCUT2D eigenvalue weighted by molar-refractivity contribution is 0.0474. The predicted octanol–water partition coefficient (Wildman–Crippen LogP) is 3.10. The normalized spacial score (nSPS) is 17.5. The molecule has 1 fully saturated rings. The van der Waals surface area contributed by atoms with Crippen LogP contribution in [0.15, 0.2) is 46.9 Å². The lowest BCUT2D eigenvalue weighted by atomic mass is 10.1. The fourth-order valence-corrected chi connectivity index (χ4v) is 3.26. The number of fused-ring (bicyclic) bond motifs is 1. The molecule has 6 heteroatoms. The van der Waals surface area contributed by atoms with Crippen molar-refractivity contribution in [3.05, 3.63) is 48.0 Å². The summed E-state index contributed by atoms with van der Waals surface area (Å²) >= 11 is 0. The van der Waals surface area contributed by atoms with Gasteiger partial charge in [-0.15, -0.1) is 0 Å². The van der Waals surface area contributed by atoms with Gasteiger partial charge in [-0.2, -0.15) is 0 Å². The number of rotatable bonds is 3. The summed E-state index contributed by atoms with van der Waals surface area (Å²) < 4.78 is 11.1. The molecule has 1 saturated heterocycles. The summed E-state index contributed by atoms with van der Waals surface area (Å²) in [7, 11) is 1.61. The number of aliphatic hydroxyl groups is 1. The Morgan fingerprint density at radius 2 is 2.19 bits per heavy atom. The largest absolute Gasteiger partial charge is 0.497 e. The average molecular weight is 352 g/mol. The second-order valence-electron chi connectivity index (χ2n) is 6.48. The lowest BCUT2D eigenvalue weighted by Crippen LogP contribution is -2.42. The Morgan fingerprint density at radius 1 is 1.31 bits per heavy atom. The van der Waals surface area contributed by atoms with E-state index in [-0.39, 0.29) is 5.91 Å². The number of carbonyl (C=O) groups is 1. The van der Waals surface area contributed by atoms with E-state index in [0.29, 0.717) is 35.6 Å². The summed E-state index contributed by atoms with van der Waals surface area (Å²) in [5.41, 5.74) is 2.61. The monoisotopic (exact) mass is 352 g/mol. The Hall–Kier alpha value is -2.86. The Labute approximate surface area is 151 Å². The third kappa shape index (κ3) is 3.15. The number of ether oxygens (including phenoxy) is 1. The first-order valence-corrected chi connectivity index (χ1v) is 8.66. The fraction of sp³-hybridized carbons (Fsp3) is 0.300. The molecule has 0 unspecified atom stereocenters. The summed E-state index contributed by atoms with van der Waals surface area (Å²) in [6.07, 6.45) is 1.12. The van der Waals surface area contributed by atoms with Crippen molar-refractivity contribution in [3.8, 4) is 17.2 Å². The standard InChI is InChI=1S/C20H20N2O4/c1-25-16-6-2-4-13(10-16)19-21-17-8-7-14(11-18(17)26-19)20(24)22-9-3-5-15(23)12-22/h2,4,6-8,10-11,15,23H,3,5,9,12H2,1H3/t15-/m0/s1. The number of aliphatic hydroxyl groups excluding tert-OH is 1. The van der Waals surface area contributed by atoms with Crippen molar-refractivity contribution in [2.24, 2.45) is 0 Å². The van der Waals surface area contributed by atoms with E-state index in [0.717, 1.165) is 24.2 Å². The first kappa shape index (κ1) is 16.6. The third-order valence-electron chi connectivity index (χ3n) is 4.64. The molecule has 0 saturated carbocycles. The highest BCUT2D eigenvalue weighted by atomic mass is 16.5. The Morgan fingerprint density at radius 3 is 3.00 bits per heavy atom. The first-order chi connectivity index (χ1) is 12.6. The van der Waals surface area contributed by atoms with Gasteiger partial charge in [0.25, 0.3) is 5.91 Å². The first-order valence-electron chi connectivity index (χ1n) is 8.66. The minimum atomic E-state index is -0.443. The van der Waals surface area contributed by atoms with Gasteiger partial charge in [0, 0.05) is 24.2 Å². The molecule has 2 heterocycles. The minimum Gasteiger partial charge on any atom is -0.497 e. The zero-order chi connectivity index (χ0) is 18.1. The highest BCUT2D eigenvalue weighted by Gasteiger charge is 2.23. The molecule has 1 aliphatic rings. The molecular formula is C20H20N2O4. The topological polar surface area (TPSA) is 75.8 Å². The van der Waals surface area contributed by atoms with Crippen LogP contribution in [-0.2, 0) is 0 Å². The van der Waals surface area contributed by atoms with Gasteiger partial charge in [0.2, 0.25) is 5.89 Å². The number of β-amino-alcohol motifs (C(OH)–C–C–N with tert-alkyl or cyclic N) is 1. The van der Waals surface area contributed by atoms with Crippen molar-refractivity contribution in [3.63, 3.8) is 0 Å². The average Bonchev–Trinajstić information content (AvgIpc) is 3.11. The van der Waals surface area contributed by atoms with Gasteiger partial charge in [-0.3, -0.25) is 4.79 Å². The maximum Gasteiger partial charge on any atom is 0.254 e. The highest BCUT2D eigenvalue weighted by molar-refractivity contribution is 5.97. The van der Waals surface area contributed by atoms with Gasteiger partial charge in [0.05, 0.1) is 13.2 Å². The Balaban J connectivity index is 1.64. The number of oxazole rings is 1. The van der Waals surface area contributed by atoms with Crippen LogP contribution in [0.2, 0.25) is 0 Å². The zero-order valence-corrected chi connectivity index (χ0v) is 14.5. The summed E-state index contributed by atoms with van der Waals surface area (Å²) in [6.45, 7) is 1.04. The predicted molar refractivity (Wildman–Crippen MR) is 97.1 cm³/mol. The molecule has 3 aromatic rings. The van der Waals surface area contributed by atoms with Gasteiger partial charge in [-0.05, 0) is 49.2 Å².